The largest absolute Gasteiger partial charge is 0.343 e. The lowest BCUT2D eigenvalue weighted by Crippen LogP contribution is -2.32. The van der Waals surface area contributed by atoms with Crippen molar-refractivity contribution in [1.82, 2.24) is 29.9 Å². The number of aromatic nitrogens is 5. The van der Waals surface area contributed by atoms with Gasteiger partial charge in [0, 0.05) is 18.7 Å². The number of amides is 1. The van der Waals surface area contributed by atoms with Crippen molar-refractivity contribution in [1.29, 1.82) is 0 Å². The van der Waals surface area contributed by atoms with Gasteiger partial charge in [0.05, 0.1) is 11.5 Å². The second-order valence-corrected chi connectivity index (χ2v) is 7.69. The minimum absolute atomic E-state index is 0.0253. The summed E-state index contributed by atoms with van der Waals surface area (Å²) in [7, 11) is 0. The van der Waals surface area contributed by atoms with E-state index in [2.05, 4.69) is 20.3 Å². The van der Waals surface area contributed by atoms with Crippen LogP contribution in [0.4, 0.5) is 4.39 Å². The average Bonchev–Trinajstić information content (AvgIpc) is 3.33. The first-order valence-corrected chi connectivity index (χ1v) is 10.8. The van der Waals surface area contributed by atoms with Crippen LogP contribution < -0.4 is 5.84 Å². The van der Waals surface area contributed by atoms with Crippen molar-refractivity contribution >= 4 is 29.4 Å². The number of rotatable bonds is 9. The van der Waals surface area contributed by atoms with Gasteiger partial charge >= 0.3 is 0 Å². The van der Waals surface area contributed by atoms with Crippen LogP contribution >= 0.6 is 23.5 Å². The van der Waals surface area contributed by atoms with Gasteiger partial charge in [0.15, 0.2) is 5.82 Å². The molecule has 2 N–H and O–H groups in total. The van der Waals surface area contributed by atoms with Crippen LogP contribution in [-0.2, 0) is 10.5 Å². The molecule has 0 unspecified atom stereocenters. The monoisotopic (exact) mass is 437 g/mol. The fourth-order valence-electron chi connectivity index (χ4n) is 2.41. The van der Waals surface area contributed by atoms with Gasteiger partial charge in [-0.25, -0.2) is 9.07 Å². The quantitative estimate of drug-likeness (QED) is 0.398. The van der Waals surface area contributed by atoms with Gasteiger partial charge in [-0.1, -0.05) is 28.7 Å². The second kappa shape index (κ2) is 9.74. The molecule has 0 saturated heterocycles. The number of hydrogen-bond acceptors (Lipinski definition) is 9. The number of hydrogen-bond donors (Lipinski definition) is 1. The predicted octanol–water partition coefficient (Wildman–Crippen LogP) is 2.43. The van der Waals surface area contributed by atoms with Gasteiger partial charge in [0.25, 0.3) is 5.89 Å². The molecule has 0 atom stereocenters. The molecule has 1 aromatic carbocycles. The molecule has 0 saturated carbocycles. The van der Waals surface area contributed by atoms with Gasteiger partial charge in [-0.15, -0.1) is 10.2 Å². The van der Waals surface area contributed by atoms with Crippen molar-refractivity contribution in [3.05, 3.63) is 35.9 Å². The molecule has 0 aliphatic heterocycles. The molecule has 9 nitrogen and oxygen atoms in total. The van der Waals surface area contributed by atoms with Crippen molar-refractivity contribution in [2.75, 3.05) is 24.7 Å². The van der Waals surface area contributed by atoms with Crippen molar-refractivity contribution in [2.45, 2.75) is 29.9 Å². The Hall–Kier alpha value is -2.60. The number of halogens is 1. The summed E-state index contributed by atoms with van der Waals surface area (Å²) < 4.78 is 19.6. The molecule has 3 rings (SSSR count). The molecule has 0 aliphatic carbocycles. The Labute approximate surface area is 175 Å². The van der Waals surface area contributed by atoms with E-state index in [0.29, 0.717) is 46.4 Å². The van der Waals surface area contributed by atoms with E-state index in [-0.39, 0.29) is 17.5 Å². The molecule has 0 fully saturated rings. The van der Waals surface area contributed by atoms with Crippen LogP contribution in [0.1, 0.15) is 19.7 Å². The Morgan fingerprint density at radius 3 is 2.48 bits per heavy atom. The van der Waals surface area contributed by atoms with Crippen molar-refractivity contribution in [3.63, 3.8) is 0 Å². The summed E-state index contributed by atoms with van der Waals surface area (Å²) in [6.07, 6.45) is 0. The Morgan fingerprint density at radius 1 is 1.17 bits per heavy atom. The third-order valence-electron chi connectivity index (χ3n) is 3.96. The normalized spacial score (nSPS) is 11.0. The van der Waals surface area contributed by atoms with Crippen LogP contribution in [0.5, 0.6) is 0 Å². The highest BCUT2D eigenvalue weighted by molar-refractivity contribution is 8.00. The molecule has 0 spiro atoms. The molecule has 29 heavy (non-hydrogen) atoms. The van der Waals surface area contributed by atoms with Gasteiger partial charge in [-0.05, 0) is 38.1 Å². The molecule has 1 amide bonds. The number of nitrogens with zero attached hydrogens (tertiary/aromatic N) is 6. The van der Waals surface area contributed by atoms with Crippen molar-refractivity contribution in [2.24, 2.45) is 0 Å². The highest BCUT2D eigenvalue weighted by atomic mass is 32.2. The van der Waals surface area contributed by atoms with E-state index in [9.17, 15) is 9.18 Å². The van der Waals surface area contributed by atoms with Crippen LogP contribution in [0.25, 0.3) is 11.5 Å². The highest BCUT2D eigenvalue weighted by Gasteiger charge is 2.16. The molecular weight excluding hydrogens is 417 g/mol. The van der Waals surface area contributed by atoms with Crippen LogP contribution in [0, 0.1) is 5.82 Å². The second-order valence-electron chi connectivity index (χ2n) is 5.80. The smallest absolute Gasteiger partial charge is 0.257 e. The molecular formula is C17H20FN7O2S2. The maximum atomic E-state index is 13.0. The summed E-state index contributed by atoms with van der Waals surface area (Å²) in [4.78, 5) is 18.1. The summed E-state index contributed by atoms with van der Waals surface area (Å²) in [6.45, 7) is 5.20. The first-order chi connectivity index (χ1) is 14.0. The third-order valence-corrected chi connectivity index (χ3v) is 5.83. The Bertz CT molecular complexity index is 957. The minimum atomic E-state index is -0.334. The Balaban J connectivity index is 1.57. The number of nitrogens with two attached hydrogens (primary N) is 1. The van der Waals surface area contributed by atoms with E-state index in [0.717, 1.165) is 0 Å². The lowest BCUT2D eigenvalue weighted by atomic mass is 10.2. The molecule has 0 bridgehead atoms. The van der Waals surface area contributed by atoms with E-state index >= 15 is 0 Å². The number of carbonyl (C=O) groups excluding carboxylic acids is 1. The highest BCUT2D eigenvalue weighted by Crippen LogP contribution is 2.24. The fraction of sp³-hybridized carbons (Fsp3) is 0.353. The average molecular weight is 438 g/mol. The topological polar surface area (TPSA) is 116 Å². The molecule has 2 heterocycles. The van der Waals surface area contributed by atoms with Gasteiger partial charge in [-0.2, -0.15) is 4.98 Å². The van der Waals surface area contributed by atoms with Gasteiger partial charge < -0.3 is 15.3 Å². The van der Waals surface area contributed by atoms with Crippen LogP contribution in [-0.4, -0.2) is 54.7 Å². The molecule has 0 radical (unpaired) electrons. The maximum absolute atomic E-state index is 13.0. The summed E-state index contributed by atoms with van der Waals surface area (Å²) in [5.41, 5.74) is 0.633. The molecule has 3 aromatic rings. The van der Waals surface area contributed by atoms with Crippen LogP contribution in [0.15, 0.2) is 39.1 Å². The predicted molar refractivity (Wildman–Crippen MR) is 108 cm³/mol. The van der Waals surface area contributed by atoms with E-state index in [1.807, 2.05) is 13.8 Å². The zero-order valence-corrected chi connectivity index (χ0v) is 17.5. The van der Waals surface area contributed by atoms with Crippen molar-refractivity contribution < 1.29 is 13.7 Å². The van der Waals surface area contributed by atoms with Crippen LogP contribution in [0.3, 0.4) is 0 Å². The van der Waals surface area contributed by atoms with E-state index in [1.165, 1.54) is 40.3 Å². The number of benzene rings is 1. The van der Waals surface area contributed by atoms with E-state index < -0.39 is 0 Å². The standard InChI is InChI=1S/C17H20FN7O2S2/c1-3-24(4-2)14(26)10-29-17-22-21-16(25(17)19)28-9-13-20-15(27-23-13)11-5-7-12(18)8-6-11/h5-8H,3-4,9-10,19H2,1-2H3. The molecule has 2 aromatic heterocycles. The summed E-state index contributed by atoms with van der Waals surface area (Å²) in [5, 5.41) is 12.9. The summed E-state index contributed by atoms with van der Waals surface area (Å²) >= 11 is 2.53. The third kappa shape index (κ3) is 5.26. The van der Waals surface area contributed by atoms with Gasteiger partial charge in [-0.3, -0.25) is 4.79 Å². The minimum Gasteiger partial charge on any atom is -0.343 e. The Morgan fingerprint density at radius 2 is 1.83 bits per heavy atom. The number of carbonyl (C=O) groups is 1. The first kappa shape index (κ1) is 21.1. The van der Waals surface area contributed by atoms with Crippen molar-refractivity contribution in [3.8, 4) is 11.5 Å². The zero-order valence-electron chi connectivity index (χ0n) is 15.9. The first-order valence-electron chi connectivity index (χ1n) is 8.84. The fourth-order valence-corrected chi connectivity index (χ4v) is 3.92. The lowest BCUT2D eigenvalue weighted by molar-refractivity contribution is -0.127. The van der Waals surface area contributed by atoms with Gasteiger partial charge in [0.1, 0.15) is 5.82 Å². The maximum Gasteiger partial charge on any atom is 0.257 e. The molecule has 12 heteroatoms. The Kier molecular flexibility index (Phi) is 7.09. The molecule has 154 valence electrons. The number of nitrogen functional groups attached to an aromatic ring is 1. The summed E-state index contributed by atoms with van der Waals surface area (Å²) in [5.74, 6) is 7.08. The molecule has 0 aliphatic rings. The lowest BCUT2D eigenvalue weighted by Gasteiger charge is -2.17. The van der Waals surface area contributed by atoms with Gasteiger partial charge in [0.2, 0.25) is 16.2 Å². The SMILES string of the molecule is CCN(CC)C(=O)CSc1nnc(SCc2noc(-c3ccc(F)cc3)n2)n1N. The van der Waals surface area contributed by atoms with E-state index in [1.54, 1.807) is 17.0 Å². The van der Waals surface area contributed by atoms with E-state index in [4.69, 9.17) is 10.4 Å². The number of thioether (sulfide) groups is 2. The summed E-state index contributed by atoms with van der Waals surface area (Å²) in [6, 6.07) is 5.79. The van der Waals surface area contributed by atoms with Crippen LogP contribution in [0.2, 0.25) is 0 Å². The zero-order chi connectivity index (χ0) is 20.8.